The van der Waals surface area contributed by atoms with Crippen LogP contribution in [0.25, 0.3) is 0 Å². The van der Waals surface area contributed by atoms with Crippen LogP contribution >= 0.6 is 11.6 Å². The van der Waals surface area contributed by atoms with Gasteiger partial charge < -0.3 is 4.43 Å². The van der Waals surface area contributed by atoms with Gasteiger partial charge in [0.15, 0.2) is 9.76 Å². The van der Waals surface area contributed by atoms with E-state index in [0.29, 0.717) is 0 Å². The molecule has 0 N–H and O–H groups in total. The summed E-state index contributed by atoms with van der Waals surface area (Å²) >= 11 is 5.34. The summed E-state index contributed by atoms with van der Waals surface area (Å²) in [6.07, 6.45) is 0. The minimum absolute atomic E-state index is 0.210. The van der Waals surface area contributed by atoms with Crippen LogP contribution in [0.3, 0.4) is 0 Å². The highest BCUT2D eigenvalue weighted by Gasteiger charge is 1.78. The van der Waals surface area contributed by atoms with Gasteiger partial charge in [-0.1, -0.05) is 0 Å². The van der Waals surface area contributed by atoms with Crippen molar-refractivity contribution in [1.29, 1.82) is 0 Å². The SMILES string of the molecule is CO[SiH2]CCCl. The maximum Gasteiger partial charge on any atom is 0.162 e. The van der Waals surface area contributed by atoms with Gasteiger partial charge in [-0.2, -0.15) is 0 Å². The first kappa shape index (κ1) is 6.47. The van der Waals surface area contributed by atoms with Crippen LogP contribution in [0, 0.1) is 0 Å². The summed E-state index contributed by atoms with van der Waals surface area (Å²) in [5.41, 5.74) is 0. The maximum atomic E-state index is 5.34. The number of hydrogen-bond donors (Lipinski definition) is 0. The van der Waals surface area contributed by atoms with Gasteiger partial charge in [0.05, 0.1) is 0 Å². The molecule has 1 nitrogen and oxygen atoms in total. The molecule has 0 aromatic carbocycles. The number of alkyl halides is 1. The second kappa shape index (κ2) is 5.47. The third-order valence-electron chi connectivity index (χ3n) is 0.482. The molecule has 0 radical (unpaired) electrons. The van der Waals surface area contributed by atoms with Gasteiger partial charge in [0.25, 0.3) is 0 Å². The molecule has 0 aromatic heterocycles. The van der Waals surface area contributed by atoms with Gasteiger partial charge in [0.1, 0.15) is 0 Å². The van der Waals surface area contributed by atoms with E-state index in [0.717, 1.165) is 11.9 Å². The van der Waals surface area contributed by atoms with E-state index < -0.39 is 0 Å². The Morgan fingerprint density at radius 2 is 2.50 bits per heavy atom. The summed E-state index contributed by atoms with van der Waals surface area (Å²) in [5, 5.41) is 0. The standard InChI is InChI=1S/C3H9ClOSi/c1-5-6-3-2-4/h2-3,6H2,1H3. The molecule has 0 aliphatic heterocycles. The molecule has 0 spiro atoms. The predicted molar refractivity (Wildman–Crippen MR) is 31.1 cm³/mol. The molecule has 3 heteroatoms. The van der Waals surface area contributed by atoms with Crippen LogP contribution in [-0.4, -0.2) is 22.8 Å². The summed E-state index contributed by atoms with van der Waals surface area (Å²) in [6.45, 7) is 0. The van der Waals surface area contributed by atoms with Crippen LogP contribution in [0.4, 0.5) is 0 Å². The minimum Gasteiger partial charge on any atom is -0.427 e. The van der Waals surface area contributed by atoms with E-state index in [9.17, 15) is 0 Å². The summed E-state index contributed by atoms with van der Waals surface area (Å²) in [4.78, 5) is 0. The van der Waals surface area contributed by atoms with Crippen molar-refractivity contribution in [3.8, 4) is 0 Å². The highest BCUT2D eigenvalue weighted by Crippen LogP contribution is 1.81. The van der Waals surface area contributed by atoms with Gasteiger partial charge in [0, 0.05) is 13.0 Å². The fourth-order valence-corrected chi connectivity index (χ4v) is 0.924. The lowest BCUT2D eigenvalue weighted by atomic mass is 11.0. The second-order valence-corrected chi connectivity index (χ2v) is 3.11. The van der Waals surface area contributed by atoms with Crippen LogP contribution in [0.15, 0.2) is 0 Å². The first-order chi connectivity index (χ1) is 2.91. The van der Waals surface area contributed by atoms with Crippen molar-refractivity contribution < 1.29 is 4.43 Å². The first-order valence-electron chi connectivity index (χ1n) is 1.96. The van der Waals surface area contributed by atoms with E-state index in [2.05, 4.69) is 0 Å². The van der Waals surface area contributed by atoms with Gasteiger partial charge in [0.2, 0.25) is 0 Å². The summed E-state index contributed by atoms with van der Waals surface area (Å²) in [6, 6.07) is 1.10. The van der Waals surface area contributed by atoms with Crippen LogP contribution in [0.5, 0.6) is 0 Å². The lowest BCUT2D eigenvalue weighted by molar-refractivity contribution is 0.442. The molecule has 0 rings (SSSR count). The van der Waals surface area contributed by atoms with Crippen molar-refractivity contribution in [3.05, 3.63) is 0 Å². The normalized spacial score (nSPS) is 11.0. The van der Waals surface area contributed by atoms with E-state index in [4.69, 9.17) is 16.0 Å². The van der Waals surface area contributed by atoms with Crippen LogP contribution in [0.2, 0.25) is 6.04 Å². The molecular formula is C3H9ClOSi. The van der Waals surface area contributed by atoms with Gasteiger partial charge in [-0.25, -0.2) is 0 Å². The molecule has 0 heterocycles. The Kier molecular flexibility index (Phi) is 5.89. The molecular weight excluding hydrogens is 116 g/mol. The van der Waals surface area contributed by atoms with Gasteiger partial charge in [-0.15, -0.1) is 11.6 Å². The average molecular weight is 125 g/mol. The van der Waals surface area contributed by atoms with E-state index in [1.165, 1.54) is 0 Å². The minimum atomic E-state index is -0.210. The van der Waals surface area contributed by atoms with E-state index in [-0.39, 0.29) is 9.76 Å². The molecule has 0 saturated heterocycles. The lowest BCUT2D eigenvalue weighted by Gasteiger charge is -1.87. The molecule has 0 aliphatic carbocycles. The number of rotatable bonds is 3. The van der Waals surface area contributed by atoms with Crippen molar-refractivity contribution in [2.24, 2.45) is 0 Å². The lowest BCUT2D eigenvalue weighted by Crippen LogP contribution is -1.91. The second-order valence-electron chi connectivity index (χ2n) is 1.04. The first-order valence-corrected chi connectivity index (χ1v) is 4.08. The van der Waals surface area contributed by atoms with Crippen molar-refractivity contribution in [1.82, 2.24) is 0 Å². The molecule has 0 aromatic rings. The highest BCUT2D eigenvalue weighted by molar-refractivity contribution is 6.31. The zero-order valence-corrected chi connectivity index (χ0v) is 6.08. The Morgan fingerprint density at radius 3 is 2.67 bits per heavy atom. The third kappa shape index (κ3) is 4.47. The van der Waals surface area contributed by atoms with E-state index in [1.54, 1.807) is 7.11 Å². The Hall–Kier alpha value is 0.467. The van der Waals surface area contributed by atoms with Crippen LogP contribution in [-0.2, 0) is 4.43 Å². The average Bonchev–Trinajstić information content (AvgIpc) is 1.61. The highest BCUT2D eigenvalue weighted by atomic mass is 35.5. The molecule has 0 fully saturated rings. The molecule has 0 bridgehead atoms. The van der Waals surface area contributed by atoms with Gasteiger partial charge in [-0.05, 0) is 6.04 Å². The summed E-state index contributed by atoms with van der Waals surface area (Å²) in [5.74, 6) is 0.764. The maximum absolute atomic E-state index is 5.34. The largest absolute Gasteiger partial charge is 0.427 e. The summed E-state index contributed by atoms with van der Waals surface area (Å²) < 4.78 is 4.84. The van der Waals surface area contributed by atoms with Crippen molar-refractivity contribution in [2.75, 3.05) is 13.0 Å². The molecule has 38 valence electrons. The molecule has 6 heavy (non-hydrogen) atoms. The zero-order valence-electron chi connectivity index (χ0n) is 3.91. The van der Waals surface area contributed by atoms with Crippen molar-refractivity contribution in [3.63, 3.8) is 0 Å². The topological polar surface area (TPSA) is 9.23 Å². The Morgan fingerprint density at radius 1 is 1.83 bits per heavy atom. The quantitative estimate of drug-likeness (QED) is 0.300. The Bertz CT molecular complexity index is 22.8. The predicted octanol–water partition coefficient (Wildman–Crippen LogP) is 0.374. The van der Waals surface area contributed by atoms with Gasteiger partial charge >= 0.3 is 0 Å². The van der Waals surface area contributed by atoms with Crippen LogP contribution in [0.1, 0.15) is 0 Å². The third-order valence-corrected chi connectivity index (χ3v) is 2.25. The fraction of sp³-hybridized carbons (Fsp3) is 1.00. The van der Waals surface area contributed by atoms with Gasteiger partial charge in [-0.3, -0.25) is 0 Å². The monoisotopic (exact) mass is 124 g/mol. The summed E-state index contributed by atoms with van der Waals surface area (Å²) in [7, 11) is 1.52. The molecule has 0 unspecified atom stereocenters. The van der Waals surface area contributed by atoms with Crippen molar-refractivity contribution in [2.45, 2.75) is 6.04 Å². The molecule has 0 saturated carbocycles. The Balaban J connectivity index is 2.34. The fourth-order valence-electron chi connectivity index (χ4n) is 0.199. The number of halogens is 1. The molecule has 0 amide bonds. The molecule has 0 atom stereocenters. The van der Waals surface area contributed by atoms with E-state index in [1.807, 2.05) is 0 Å². The van der Waals surface area contributed by atoms with Crippen LogP contribution < -0.4 is 0 Å². The Labute approximate surface area is 45.6 Å². The van der Waals surface area contributed by atoms with Crippen molar-refractivity contribution >= 4 is 21.4 Å². The molecule has 0 aliphatic rings. The zero-order chi connectivity index (χ0) is 4.83. The van der Waals surface area contributed by atoms with E-state index >= 15 is 0 Å². The number of hydrogen-bond acceptors (Lipinski definition) is 1. The smallest absolute Gasteiger partial charge is 0.162 e.